The van der Waals surface area contributed by atoms with Gasteiger partial charge in [0.2, 0.25) is 0 Å². The largest absolute Gasteiger partial charge is 0.310 e. The molecule has 0 bridgehead atoms. The molecule has 11 aromatic carbocycles. The van der Waals surface area contributed by atoms with Gasteiger partial charge in [0.05, 0.1) is 11.4 Å². The predicted molar refractivity (Wildman–Crippen MR) is 250 cm³/mol. The average Bonchev–Trinajstić information content (AvgIpc) is 3.29. The fourth-order valence-electron chi connectivity index (χ4n) is 9.36. The maximum atomic E-state index is 2.43. The van der Waals surface area contributed by atoms with Crippen LogP contribution in [0.15, 0.2) is 206 Å². The van der Waals surface area contributed by atoms with Gasteiger partial charge in [-0.15, -0.1) is 0 Å². The molecule has 0 spiro atoms. The maximum absolute atomic E-state index is 2.43. The lowest BCUT2D eigenvalue weighted by molar-refractivity contribution is 1.30. The Morgan fingerprint density at radius 3 is 1.00 bits per heavy atom. The number of para-hydroxylation sites is 2. The van der Waals surface area contributed by atoms with E-state index < -0.39 is 0 Å². The summed E-state index contributed by atoms with van der Waals surface area (Å²) in [6.07, 6.45) is 0. The number of rotatable bonds is 6. The Morgan fingerprint density at radius 2 is 0.586 bits per heavy atom. The van der Waals surface area contributed by atoms with E-state index in [1.165, 1.54) is 87.1 Å². The van der Waals surface area contributed by atoms with Crippen molar-refractivity contribution in [3.8, 4) is 0 Å². The van der Waals surface area contributed by atoms with Crippen molar-refractivity contribution in [2.75, 3.05) is 9.80 Å². The summed E-state index contributed by atoms with van der Waals surface area (Å²) < 4.78 is 0. The van der Waals surface area contributed by atoms with E-state index >= 15 is 0 Å². The highest BCUT2D eigenvalue weighted by Crippen LogP contribution is 2.46. The fourth-order valence-corrected chi connectivity index (χ4v) is 9.36. The molecule has 2 nitrogen and oxygen atoms in total. The number of hydrogen-bond donors (Lipinski definition) is 0. The second-order valence-electron chi connectivity index (χ2n) is 15.4. The van der Waals surface area contributed by atoms with Crippen LogP contribution in [0.1, 0.15) is 11.1 Å². The summed E-state index contributed by atoms with van der Waals surface area (Å²) in [7, 11) is 0. The lowest BCUT2D eigenvalue weighted by atomic mass is 9.91. The molecule has 0 aromatic heterocycles. The molecule has 0 unspecified atom stereocenters. The van der Waals surface area contributed by atoms with E-state index in [0.29, 0.717) is 0 Å². The minimum atomic E-state index is 1.13. The third-order valence-corrected chi connectivity index (χ3v) is 12.1. The zero-order valence-electron chi connectivity index (χ0n) is 32.5. The molecule has 0 fully saturated rings. The van der Waals surface area contributed by atoms with Gasteiger partial charge in [0.1, 0.15) is 0 Å². The molecule has 0 amide bonds. The predicted octanol–water partition coefficient (Wildman–Crippen LogP) is 16.2. The average molecular weight is 741 g/mol. The minimum Gasteiger partial charge on any atom is -0.310 e. The molecule has 2 heteroatoms. The van der Waals surface area contributed by atoms with E-state index in [0.717, 1.165) is 22.7 Å². The summed E-state index contributed by atoms with van der Waals surface area (Å²) in [4.78, 5) is 4.86. The fraction of sp³-hybridized carbons (Fsp3) is 0.0357. The van der Waals surface area contributed by atoms with E-state index in [-0.39, 0.29) is 0 Å². The number of aryl methyl sites for hydroxylation is 2. The number of anilines is 6. The first-order valence-electron chi connectivity index (χ1n) is 20.1. The number of nitrogens with zero attached hydrogens (tertiary/aromatic N) is 2. The molecule has 0 aliphatic carbocycles. The summed E-state index contributed by atoms with van der Waals surface area (Å²) in [5.41, 5.74) is 9.43. The topological polar surface area (TPSA) is 6.48 Å². The van der Waals surface area contributed by atoms with E-state index in [1.807, 2.05) is 0 Å². The van der Waals surface area contributed by atoms with Gasteiger partial charge >= 0.3 is 0 Å². The van der Waals surface area contributed by atoms with Crippen molar-refractivity contribution in [1.29, 1.82) is 0 Å². The summed E-state index contributed by atoms with van der Waals surface area (Å²) in [6.45, 7) is 4.58. The van der Waals surface area contributed by atoms with E-state index in [2.05, 4.69) is 230 Å². The van der Waals surface area contributed by atoms with Crippen molar-refractivity contribution in [2.24, 2.45) is 0 Å². The molecule has 0 aliphatic rings. The van der Waals surface area contributed by atoms with E-state index in [9.17, 15) is 0 Å². The van der Waals surface area contributed by atoms with Crippen LogP contribution in [0, 0.1) is 13.8 Å². The second kappa shape index (κ2) is 13.7. The van der Waals surface area contributed by atoms with Crippen LogP contribution in [0.3, 0.4) is 0 Å². The first-order chi connectivity index (χ1) is 28.6. The van der Waals surface area contributed by atoms with Crippen LogP contribution in [0.2, 0.25) is 0 Å². The molecule has 0 radical (unpaired) electrons. The van der Waals surface area contributed by atoms with Crippen LogP contribution in [-0.2, 0) is 0 Å². The molecular weight excluding hydrogens is 701 g/mol. The zero-order chi connectivity index (χ0) is 38.7. The quantitative estimate of drug-likeness (QED) is 0.124. The van der Waals surface area contributed by atoms with Gasteiger partial charge in [-0.05, 0) is 140 Å². The Bertz CT molecular complexity index is 3140. The van der Waals surface area contributed by atoms with Crippen molar-refractivity contribution < 1.29 is 0 Å². The van der Waals surface area contributed by atoms with Crippen LogP contribution in [0.4, 0.5) is 34.1 Å². The lowest BCUT2D eigenvalue weighted by Gasteiger charge is -2.29. The van der Waals surface area contributed by atoms with Gasteiger partial charge in [-0.1, -0.05) is 146 Å². The Kier molecular flexibility index (Phi) is 7.97. The highest BCUT2D eigenvalue weighted by molar-refractivity contribution is 6.17. The summed E-state index contributed by atoms with van der Waals surface area (Å²) in [6, 6.07) is 75.4. The summed E-state index contributed by atoms with van der Waals surface area (Å²) in [5.74, 6) is 0. The molecule has 0 N–H and O–H groups in total. The number of hydrogen-bond acceptors (Lipinski definition) is 2. The van der Waals surface area contributed by atoms with Gasteiger partial charge in [0, 0.05) is 33.5 Å². The van der Waals surface area contributed by atoms with Gasteiger partial charge in [-0.2, -0.15) is 0 Å². The molecule has 0 saturated heterocycles. The van der Waals surface area contributed by atoms with Crippen LogP contribution in [-0.4, -0.2) is 0 Å². The highest BCUT2D eigenvalue weighted by Gasteiger charge is 2.21. The third-order valence-electron chi connectivity index (χ3n) is 12.1. The van der Waals surface area contributed by atoms with Gasteiger partial charge in [0.25, 0.3) is 0 Å². The van der Waals surface area contributed by atoms with Crippen molar-refractivity contribution in [3.63, 3.8) is 0 Å². The second-order valence-corrected chi connectivity index (χ2v) is 15.4. The molecule has 0 saturated carbocycles. The summed E-state index contributed by atoms with van der Waals surface area (Å²) in [5, 5.41) is 15.0. The minimum absolute atomic E-state index is 1.13. The Labute approximate surface area is 338 Å². The van der Waals surface area contributed by atoms with Crippen molar-refractivity contribution >= 4 is 98.8 Å². The van der Waals surface area contributed by atoms with Crippen molar-refractivity contribution in [2.45, 2.75) is 13.8 Å². The SMILES string of the molecule is Cc1c2ccc(N(c3ccccc3)c3cc4ccccc4c4ccccc34)cc2c(C)c2ccc(N(c3ccccc3)c3cc4ccccc4c4ccccc34)cc12. The standard InChI is InChI=1S/C56H40N2/c1-37-45-31-29-44(58(42-21-7-4-8-22-42)56-34-40-18-10-12-24-48(40)50-26-14-16-28-52(50)56)36-54(45)38(2)46-32-30-43(35-53(37)46)57(41-19-5-3-6-20-41)55-33-39-17-9-11-23-47(39)49-25-13-15-27-51(49)55/h3-36H,1-2H3. The molecule has 11 rings (SSSR count). The molecule has 0 heterocycles. The zero-order valence-corrected chi connectivity index (χ0v) is 32.5. The van der Waals surface area contributed by atoms with Crippen LogP contribution in [0.5, 0.6) is 0 Å². The first-order valence-corrected chi connectivity index (χ1v) is 20.1. The maximum Gasteiger partial charge on any atom is 0.0546 e. The molecule has 274 valence electrons. The Balaban J connectivity index is 1.11. The highest BCUT2D eigenvalue weighted by atomic mass is 15.1. The normalized spacial score (nSPS) is 11.6. The van der Waals surface area contributed by atoms with Crippen molar-refractivity contribution in [3.05, 3.63) is 217 Å². The number of benzene rings is 11. The van der Waals surface area contributed by atoms with Crippen molar-refractivity contribution in [1.82, 2.24) is 0 Å². The molecule has 11 aromatic rings. The molecule has 58 heavy (non-hydrogen) atoms. The monoisotopic (exact) mass is 740 g/mol. The number of fused-ring (bicyclic) bond motifs is 8. The van der Waals surface area contributed by atoms with Gasteiger partial charge in [-0.25, -0.2) is 0 Å². The first kappa shape index (κ1) is 33.9. The molecule has 0 atom stereocenters. The van der Waals surface area contributed by atoms with E-state index in [4.69, 9.17) is 0 Å². The van der Waals surface area contributed by atoms with Crippen LogP contribution < -0.4 is 9.80 Å². The van der Waals surface area contributed by atoms with E-state index in [1.54, 1.807) is 0 Å². The Morgan fingerprint density at radius 1 is 0.241 bits per heavy atom. The van der Waals surface area contributed by atoms with Gasteiger partial charge < -0.3 is 9.80 Å². The lowest BCUT2D eigenvalue weighted by Crippen LogP contribution is -2.11. The third kappa shape index (κ3) is 5.41. The van der Waals surface area contributed by atoms with Crippen LogP contribution >= 0.6 is 0 Å². The van der Waals surface area contributed by atoms with Crippen LogP contribution in [0.25, 0.3) is 64.6 Å². The molecular formula is C56H40N2. The summed E-state index contributed by atoms with van der Waals surface area (Å²) >= 11 is 0. The van der Waals surface area contributed by atoms with Gasteiger partial charge in [-0.3, -0.25) is 0 Å². The molecule has 0 aliphatic heterocycles. The smallest absolute Gasteiger partial charge is 0.0546 e. The Hall–Kier alpha value is -7.42. The van der Waals surface area contributed by atoms with Gasteiger partial charge in [0.15, 0.2) is 0 Å².